The number of nitrogens with zero attached hydrogens (tertiary/aromatic N) is 2. The third-order valence-electron chi connectivity index (χ3n) is 16.1. The van der Waals surface area contributed by atoms with E-state index in [1.165, 1.54) is 132 Å². The maximum Gasteiger partial charge on any atom is 0.0544 e. The van der Waals surface area contributed by atoms with Crippen molar-refractivity contribution < 1.29 is 0 Å². The lowest BCUT2D eigenvalue weighted by Crippen LogP contribution is -2.15. The molecule has 0 radical (unpaired) electrons. The lowest BCUT2D eigenvalue weighted by molar-refractivity contribution is 0.661. The number of hydrogen-bond donors (Lipinski definition) is 0. The fourth-order valence-electron chi connectivity index (χ4n) is 12.7. The van der Waals surface area contributed by atoms with E-state index >= 15 is 0 Å². The summed E-state index contributed by atoms with van der Waals surface area (Å²) in [5.41, 5.74) is 19.8. The average Bonchev–Trinajstić information content (AvgIpc) is 4.02. The zero-order valence-electron chi connectivity index (χ0n) is 40.2. The zero-order chi connectivity index (χ0) is 47.7. The van der Waals surface area contributed by atoms with Gasteiger partial charge in [-0.2, -0.15) is 0 Å². The van der Waals surface area contributed by atoms with Crippen LogP contribution in [-0.4, -0.2) is 9.13 Å². The number of rotatable bonds is 6. The lowest BCUT2D eigenvalue weighted by atomic mass is 9.82. The van der Waals surface area contributed by atoms with Crippen LogP contribution in [0.1, 0.15) is 36.1 Å². The molecule has 0 unspecified atom stereocenters. The van der Waals surface area contributed by atoms with Crippen LogP contribution in [0.25, 0.3) is 121 Å². The molecule has 2 heterocycles. The van der Waals surface area contributed by atoms with E-state index < -0.39 is 0 Å². The van der Waals surface area contributed by atoms with Crippen LogP contribution in [0.15, 0.2) is 243 Å². The highest BCUT2D eigenvalue weighted by molar-refractivity contribution is 6.22. The summed E-state index contributed by atoms with van der Waals surface area (Å²) >= 11 is 0. The Morgan fingerprint density at radius 2 is 0.903 bits per heavy atom. The first-order valence-corrected chi connectivity index (χ1v) is 25.3. The van der Waals surface area contributed by atoms with Gasteiger partial charge in [0.05, 0.1) is 22.1 Å². The standard InChI is InChI=1S/C70H48N2/c1-70(2)63-26-14-11-23-56(63)59-42-61-58-25-13-16-28-66(58)72(68(61)43-64(59)70)53-38-49(37-50(39-53)47-32-34-67-60(40-47)57-24-12-15-27-65(57)71(67)52-20-7-4-8-21-52)46-31-33-54-51(35-44-17-5-3-6-18-44)36-48-30-29-45-19-9-10-22-55(45)69(48)62(54)41-46/h3-34,36-43H,35H2,1-2H3. The Hall–Kier alpha value is -8.98. The Kier molecular flexibility index (Phi) is 8.80. The Morgan fingerprint density at radius 3 is 1.67 bits per heavy atom. The predicted octanol–water partition coefficient (Wildman–Crippen LogP) is 18.6. The lowest BCUT2D eigenvalue weighted by Gasteiger charge is -2.22. The Morgan fingerprint density at radius 1 is 0.319 bits per heavy atom. The van der Waals surface area contributed by atoms with Crippen LogP contribution in [0.2, 0.25) is 0 Å². The minimum absolute atomic E-state index is 0.139. The number of hydrogen-bond acceptors (Lipinski definition) is 0. The molecule has 14 aromatic rings. The summed E-state index contributed by atoms with van der Waals surface area (Å²) in [7, 11) is 0. The van der Waals surface area contributed by atoms with E-state index in [2.05, 4.69) is 266 Å². The van der Waals surface area contributed by atoms with E-state index in [1.807, 2.05) is 0 Å². The highest BCUT2D eigenvalue weighted by atomic mass is 15.0. The van der Waals surface area contributed by atoms with Gasteiger partial charge >= 0.3 is 0 Å². The highest BCUT2D eigenvalue weighted by Gasteiger charge is 2.36. The van der Waals surface area contributed by atoms with Crippen LogP contribution in [0.4, 0.5) is 0 Å². The molecular formula is C70H48N2. The van der Waals surface area contributed by atoms with Gasteiger partial charge in [-0.15, -0.1) is 0 Å². The fourth-order valence-corrected chi connectivity index (χ4v) is 12.7. The third kappa shape index (κ3) is 6.09. The van der Waals surface area contributed by atoms with Crippen LogP contribution >= 0.6 is 0 Å². The summed E-state index contributed by atoms with van der Waals surface area (Å²) in [5, 5.41) is 12.7. The average molecular weight is 917 g/mol. The van der Waals surface area contributed by atoms with Crippen LogP contribution < -0.4 is 0 Å². The Balaban J connectivity index is 1.01. The molecule has 2 nitrogen and oxygen atoms in total. The molecule has 0 fully saturated rings. The topological polar surface area (TPSA) is 9.86 Å². The predicted molar refractivity (Wildman–Crippen MR) is 305 cm³/mol. The molecule has 0 atom stereocenters. The normalized spacial score (nSPS) is 13.0. The van der Waals surface area contributed by atoms with Crippen molar-refractivity contribution in [2.75, 3.05) is 0 Å². The molecule has 338 valence electrons. The van der Waals surface area contributed by atoms with Crippen molar-refractivity contribution in [3.05, 3.63) is 265 Å². The number of aromatic nitrogens is 2. The van der Waals surface area contributed by atoms with Crippen molar-refractivity contribution in [1.29, 1.82) is 0 Å². The van der Waals surface area contributed by atoms with Gasteiger partial charge < -0.3 is 9.13 Å². The first kappa shape index (κ1) is 40.9. The first-order valence-electron chi connectivity index (χ1n) is 25.3. The van der Waals surface area contributed by atoms with Gasteiger partial charge in [-0.3, -0.25) is 0 Å². The monoisotopic (exact) mass is 916 g/mol. The van der Waals surface area contributed by atoms with Gasteiger partial charge in [0.15, 0.2) is 0 Å². The number of benzene rings is 12. The molecule has 1 aliphatic rings. The zero-order valence-corrected chi connectivity index (χ0v) is 40.2. The Bertz CT molecular complexity index is 4550. The van der Waals surface area contributed by atoms with Crippen molar-refractivity contribution in [2.45, 2.75) is 25.7 Å². The van der Waals surface area contributed by atoms with Gasteiger partial charge in [0.1, 0.15) is 0 Å². The molecule has 0 N–H and O–H groups in total. The van der Waals surface area contributed by atoms with Crippen LogP contribution in [-0.2, 0) is 11.8 Å². The van der Waals surface area contributed by atoms with E-state index in [9.17, 15) is 0 Å². The van der Waals surface area contributed by atoms with Crippen molar-refractivity contribution in [3.8, 4) is 44.8 Å². The van der Waals surface area contributed by atoms with Gasteiger partial charge in [-0.1, -0.05) is 184 Å². The van der Waals surface area contributed by atoms with Gasteiger partial charge in [-0.25, -0.2) is 0 Å². The van der Waals surface area contributed by atoms with Gasteiger partial charge in [0.25, 0.3) is 0 Å². The molecule has 0 amide bonds. The van der Waals surface area contributed by atoms with Crippen LogP contribution in [0.3, 0.4) is 0 Å². The van der Waals surface area contributed by atoms with Crippen molar-refractivity contribution >= 4 is 75.9 Å². The van der Waals surface area contributed by atoms with E-state index in [4.69, 9.17) is 0 Å². The smallest absolute Gasteiger partial charge is 0.0544 e. The summed E-state index contributed by atoms with van der Waals surface area (Å²) in [6, 6.07) is 91.0. The molecular weight excluding hydrogens is 869 g/mol. The van der Waals surface area contributed by atoms with Gasteiger partial charge in [0, 0.05) is 38.3 Å². The summed E-state index contributed by atoms with van der Waals surface area (Å²) in [5.74, 6) is 0. The van der Waals surface area contributed by atoms with E-state index in [-0.39, 0.29) is 5.41 Å². The van der Waals surface area contributed by atoms with E-state index in [0.29, 0.717) is 0 Å². The maximum atomic E-state index is 2.54. The SMILES string of the molecule is CC1(C)c2ccccc2-c2cc3c4ccccc4n(-c4cc(-c5ccc6c(Cc7ccccc7)cc7ccc8ccccc8c7c6c5)cc(-c5ccc6c(c5)c5ccccc5n6-c5ccccc5)c4)c3cc21. The Labute approximate surface area is 418 Å². The van der Waals surface area contributed by atoms with E-state index in [1.54, 1.807) is 0 Å². The second-order valence-electron chi connectivity index (χ2n) is 20.5. The molecule has 0 bridgehead atoms. The number of fused-ring (bicyclic) bond motifs is 14. The van der Waals surface area contributed by atoms with Gasteiger partial charge in [-0.05, 0) is 167 Å². The molecule has 12 aromatic carbocycles. The van der Waals surface area contributed by atoms with Crippen molar-refractivity contribution in [1.82, 2.24) is 9.13 Å². The molecule has 72 heavy (non-hydrogen) atoms. The van der Waals surface area contributed by atoms with Crippen molar-refractivity contribution in [3.63, 3.8) is 0 Å². The summed E-state index contributed by atoms with van der Waals surface area (Å²) in [6.45, 7) is 4.77. The quantitative estimate of drug-likeness (QED) is 0.147. The molecule has 2 aromatic heterocycles. The highest BCUT2D eigenvalue weighted by Crippen LogP contribution is 2.51. The molecule has 0 spiro atoms. The summed E-state index contributed by atoms with van der Waals surface area (Å²) in [4.78, 5) is 0. The second kappa shape index (κ2) is 15.5. The summed E-state index contributed by atoms with van der Waals surface area (Å²) in [6.07, 6.45) is 0.863. The fraction of sp³-hybridized carbons (Fsp3) is 0.0571. The molecule has 0 aliphatic heterocycles. The van der Waals surface area contributed by atoms with E-state index in [0.717, 1.165) is 17.8 Å². The molecule has 2 heteroatoms. The molecule has 15 rings (SSSR count). The maximum absolute atomic E-state index is 2.54. The minimum atomic E-state index is -0.139. The number of para-hydroxylation sites is 3. The summed E-state index contributed by atoms with van der Waals surface area (Å²) < 4.78 is 4.94. The van der Waals surface area contributed by atoms with Crippen molar-refractivity contribution in [2.24, 2.45) is 0 Å². The first-order chi connectivity index (χ1) is 35.4. The van der Waals surface area contributed by atoms with Crippen LogP contribution in [0.5, 0.6) is 0 Å². The van der Waals surface area contributed by atoms with Crippen LogP contribution in [0, 0.1) is 0 Å². The molecule has 0 saturated heterocycles. The molecule has 1 aliphatic carbocycles. The second-order valence-corrected chi connectivity index (χ2v) is 20.5. The van der Waals surface area contributed by atoms with Gasteiger partial charge in [0.2, 0.25) is 0 Å². The molecule has 0 saturated carbocycles. The minimum Gasteiger partial charge on any atom is -0.309 e. The third-order valence-corrected chi connectivity index (χ3v) is 16.1. The largest absolute Gasteiger partial charge is 0.309 e.